The summed E-state index contributed by atoms with van der Waals surface area (Å²) in [6.45, 7) is 16.3. The maximum Gasteiger partial charge on any atom is -1.00 e. The number of benzene rings is 4. The maximum atomic E-state index is 2.56. The summed E-state index contributed by atoms with van der Waals surface area (Å²) in [6, 6.07) is 38.0. The van der Waals surface area contributed by atoms with Crippen LogP contribution in [0.3, 0.4) is 0 Å². The van der Waals surface area contributed by atoms with Gasteiger partial charge in [-0.25, -0.2) is 0 Å². The Hall–Kier alpha value is -1.58. The van der Waals surface area contributed by atoms with E-state index in [-0.39, 0.29) is 40.6 Å². The van der Waals surface area contributed by atoms with Crippen LogP contribution in [0.25, 0.3) is 6.08 Å². The molecule has 0 spiro atoms. The van der Waals surface area contributed by atoms with Gasteiger partial charge < -0.3 is 37.2 Å². The minimum atomic E-state index is -2.73. The van der Waals surface area contributed by atoms with E-state index in [1.54, 1.807) is 0 Å². The maximum absolute atomic E-state index is 2.73. The van der Waals surface area contributed by atoms with E-state index in [9.17, 15) is 0 Å². The Labute approximate surface area is 285 Å². The third kappa shape index (κ3) is 6.03. The van der Waals surface area contributed by atoms with Crippen LogP contribution in [0.2, 0.25) is 0 Å². The molecule has 0 fully saturated rings. The molecular formula is C37H41Cl3SiTi. The van der Waals surface area contributed by atoms with Crippen molar-refractivity contribution in [3.63, 3.8) is 0 Å². The van der Waals surface area contributed by atoms with Crippen LogP contribution in [0.15, 0.2) is 103 Å². The van der Waals surface area contributed by atoms with Gasteiger partial charge in [0, 0.05) is 0 Å². The Bertz CT molecular complexity index is 1420. The Kier molecular flexibility index (Phi) is 12.6. The van der Waals surface area contributed by atoms with Crippen molar-refractivity contribution in [3.05, 3.63) is 130 Å². The molecule has 0 aromatic heterocycles. The first kappa shape index (κ1) is 36.6. The molecule has 4 aromatic carbocycles. The number of halogens is 3. The van der Waals surface area contributed by atoms with Crippen LogP contribution in [0.1, 0.15) is 94.0 Å². The van der Waals surface area contributed by atoms with Gasteiger partial charge in [0.15, 0.2) is 0 Å². The normalized spacial score (nSPS) is 16.0. The largest absolute Gasteiger partial charge is 1.00 e. The van der Waals surface area contributed by atoms with Crippen LogP contribution in [-0.2, 0) is 23.8 Å². The van der Waals surface area contributed by atoms with E-state index in [2.05, 4.69) is 172 Å². The summed E-state index contributed by atoms with van der Waals surface area (Å²) >= 11 is 2.56. The van der Waals surface area contributed by atoms with Crippen LogP contribution in [-0.4, -0.2) is 8.07 Å². The second-order valence-corrected chi connectivity index (χ2v) is 18.2. The molecule has 0 saturated heterocycles. The van der Waals surface area contributed by atoms with Gasteiger partial charge in [-0.05, 0) is 0 Å². The smallest absolute Gasteiger partial charge is 1.00 e. The van der Waals surface area contributed by atoms with Crippen molar-refractivity contribution >= 4 is 29.7 Å². The molecule has 5 heteroatoms. The number of hydrogen-bond donors (Lipinski definition) is 0. The average molecular weight is 668 g/mol. The zero-order valence-electron chi connectivity index (χ0n) is 25.7. The third-order valence-electron chi connectivity index (χ3n) is 8.85. The Morgan fingerprint density at radius 3 is 1.31 bits per heavy atom. The van der Waals surface area contributed by atoms with E-state index in [1.807, 2.05) is 0 Å². The van der Waals surface area contributed by atoms with Crippen molar-refractivity contribution in [2.24, 2.45) is 0 Å². The molecule has 0 amide bonds. The zero-order valence-corrected chi connectivity index (χ0v) is 30.5. The van der Waals surface area contributed by atoms with Crippen LogP contribution in [0, 0.1) is 0 Å². The van der Waals surface area contributed by atoms with E-state index < -0.39 is 8.07 Å². The fourth-order valence-corrected chi connectivity index (χ4v) is 14.8. The molecule has 0 radical (unpaired) electrons. The summed E-state index contributed by atoms with van der Waals surface area (Å²) in [6.07, 6.45) is 2.46. The molecule has 0 nitrogen and oxygen atoms in total. The molecule has 0 saturated carbocycles. The number of fused-ring (bicyclic) bond motifs is 1. The van der Waals surface area contributed by atoms with Crippen molar-refractivity contribution in [2.45, 2.75) is 69.6 Å². The SMILES string of the molecule is CC1=Cc2ccccc2[C]1([Ti+3])[Si](c1cccc(C(C)C)c1)(c1cccc(C(C)C)c1)c1cccc(C(C)C)c1.[Cl-].[Cl-].[Cl-]. The predicted molar refractivity (Wildman–Crippen MR) is 168 cm³/mol. The topological polar surface area (TPSA) is 0 Å². The minimum absolute atomic E-state index is 0. The van der Waals surface area contributed by atoms with E-state index >= 15 is 0 Å². The molecule has 0 heterocycles. The van der Waals surface area contributed by atoms with Gasteiger partial charge in [-0.3, -0.25) is 0 Å². The van der Waals surface area contributed by atoms with Crippen LogP contribution in [0.5, 0.6) is 0 Å². The van der Waals surface area contributed by atoms with Gasteiger partial charge in [-0.15, -0.1) is 0 Å². The quantitative estimate of drug-likeness (QED) is 0.174. The predicted octanol–water partition coefficient (Wildman–Crippen LogP) is -1.06. The van der Waals surface area contributed by atoms with E-state index in [0.717, 1.165) is 0 Å². The second kappa shape index (κ2) is 14.5. The van der Waals surface area contributed by atoms with E-state index in [1.165, 1.54) is 49.0 Å². The summed E-state index contributed by atoms with van der Waals surface area (Å²) in [4.78, 5) is 0. The second-order valence-electron chi connectivity index (χ2n) is 12.3. The summed E-state index contributed by atoms with van der Waals surface area (Å²) in [7, 11) is -2.73. The average Bonchev–Trinajstić information content (AvgIpc) is 3.20. The number of rotatable bonds is 7. The van der Waals surface area contributed by atoms with Crippen molar-refractivity contribution < 1.29 is 57.7 Å². The zero-order chi connectivity index (χ0) is 27.9. The molecule has 218 valence electrons. The minimum Gasteiger partial charge on any atom is -1.00 e. The monoisotopic (exact) mass is 666 g/mol. The molecule has 1 unspecified atom stereocenters. The molecule has 1 aliphatic carbocycles. The van der Waals surface area contributed by atoms with Gasteiger partial charge in [0.1, 0.15) is 0 Å². The van der Waals surface area contributed by atoms with Crippen LogP contribution in [0.4, 0.5) is 0 Å². The molecule has 4 aromatic rings. The molecule has 0 bridgehead atoms. The molecule has 42 heavy (non-hydrogen) atoms. The molecule has 1 aliphatic rings. The van der Waals surface area contributed by atoms with Gasteiger partial charge in [0.05, 0.1) is 0 Å². The molecule has 5 rings (SSSR count). The van der Waals surface area contributed by atoms with E-state index in [0.29, 0.717) is 17.8 Å². The summed E-state index contributed by atoms with van der Waals surface area (Å²) in [5, 5.41) is 4.51. The van der Waals surface area contributed by atoms with E-state index in [4.69, 9.17) is 0 Å². The van der Waals surface area contributed by atoms with Crippen LogP contribution >= 0.6 is 0 Å². The fourth-order valence-electron chi connectivity index (χ4n) is 6.56. The standard InChI is InChI=1S/C37H41Si.3ClH.Ti/c1-25(2)29-14-10-17-33(22-29)38(34-18-11-15-30(23-34)26(3)4,35-19-12-16-31(24-35)27(5)6)37-28(7)21-32-13-8-9-20-36(32)37;;;;/h8-27H,1-7H3;3*1H;/q;;;;+3/p-3. The van der Waals surface area contributed by atoms with Gasteiger partial charge in [-0.1, -0.05) is 0 Å². The molecular weight excluding hydrogens is 627 g/mol. The summed E-state index contributed by atoms with van der Waals surface area (Å²) in [5.41, 5.74) is 8.56. The first-order valence-electron chi connectivity index (χ1n) is 14.4. The van der Waals surface area contributed by atoms with Crippen molar-refractivity contribution in [2.75, 3.05) is 0 Å². The fraction of sp³-hybridized carbons (Fsp3) is 0.297. The molecule has 1 atom stereocenters. The Balaban J connectivity index is 0.00000205. The summed E-state index contributed by atoms with van der Waals surface area (Å²) < 4.78 is -0.148. The summed E-state index contributed by atoms with van der Waals surface area (Å²) in [5.74, 6) is 1.42. The van der Waals surface area contributed by atoms with Gasteiger partial charge in [0.2, 0.25) is 0 Å². The molecule has 0 aliphatic heterocycles. The van der Waals surface area contributed by atoms with Crippen LogP contribution < -0.4 is 52.8 Å². The Morgan fingerprint density at radius 1 is 0.548 bits per heavy atom. The van der Waals surface area contributed by atoms with Gasteiger partial charge >= 0.3 is 250 Å². The third-order valence-corrected chi connectivity index (χ3v) is 17.0. The molecule has 0 N–H and O–H groups in total. The van der Waals surface area contributed by atoms with Gasteiger partial charge in [0.25, 0.3) is 0 Å². The van der Waals surface area contributed by atoms with Crippen molar-refractivity contribution in [1.29, 1.82) is 0 Å². The number of hydrogen-bond acceptors (Lipinski definition) is 0. The first-order chi connectivity index (χ1) is 18.6. The number of allylic oxidation sites excluding steroid dienone is 1. The van der Waals surface area contributed by atoms with Crippen molar-refractivity contribution in [1.82, 2.24) is 0 Å². The Morgan fingerprint density at radius 2 is 0.929 bits per heavy atom. The first-order valence-corrected chi connectivity index (χ1v) is 17.2. The van der Waals surface area contributed by atoms with Crippen molar-refractivity contribution in [3.8, 4) is 0 Å². The van der Waals surface area contributed by atoms with Gasteiger partial charge in [-0.2, -0.15) is 0 Å².